The Kier molecular flexibility index (Phi) is 6.92. The average Bonchev–Trinajstić information content (AvgIpc) is 2.99. The second-order valence-electron chi connectivity index (χ2n) is 5.63. The molecule has 1 heterocycles. The monoisotopic (exact) mass is 478 g/mol. The van der Waals surface area contributed by atoms with Crippen molar-refractivity contribution in [1.82, 2.24) is 14.8 Å². The van der Waals surface area contributed by atoms with Crippen LogP contribution in [-0.4, -0.2) is 36.9 Å². The molecule has 0 saturated carbocycles. The lowest BCUT2D eigenvalue weighted by Gasteiger charge is -2.11. The molecule has 0 aliphatic carbocycles. The molecule has 1 aromatic heterocycles. The zero-order chi connectivity index (χ0) is 23.5. The van der Waals surface area contributed by atoms with Gasteiger partial charge in [-0.2, -0.15) is 22.8 Å². The van der Waals surface area contributed by atoms with Crippen molar-refractivity contribution in [2.24, 2.45) is 0 Å². The number of benzene rings is 2. The number of aromatic nitrogens is 3. The highest BCUT2D eigenvalue weighted by Crippen LogP contribution is 2.37. The number of non-ortho nitro benzene ring substituents is 1. The fraction of sp³-hybridized carbons (Fsp3) is 0.0625. The van der Waals surface area contributed by atoms with Crippen LogP contribution in [0.2, 0.25) is 10.0 Å². The molecular weight excluding hydrogens is 468 g/mol. The van der Waals surface area contributed by atoms with E-state index in [-0.39, 0.29) is 17.6 Å². The van der Waals surface area contributed by atoms with Crippen molar-refractivity contribution in [3.63, 3.8) is 0 Å². The number of hydrogen-bond donors (Lipinski definition) is 3. The van der Waals surface area contributed by atoms with Crippen LogP contribution in [0, 0.1) is 10.1 Å². The highest BCUT2D eigenvalue weighted by atomic mass is 35.5. The summed E-state index contributed by atoms with van der Waals surface area (Å²) in [5, 5.41) is 22.5. The summed E-state index contributed by atoms with van der Waals surface area (Å²) in [4.78, 5) is 23.0. The molecule has 10 nitrogen and oxygen atoms in total. The minimum absolute atomic E-state index is 0.0199. The van der Waals surface area contributed by atoms with E-state index in [2.05, 4.69) is 10.1 Å². The predicted octanol–water partition coefficient (Wildman–Crippen LogP) is 3.95. The van der Waals surface area contributed by atoms with E-state index in [0.717, 1.165) is 0 Å². The molecule has 164 valence electrons. The lowest BCUT2D eigenvalue weighted by molar-refractivity contribution is -0.384. The molecule has 0 atom stereocenters. The maximum Gasteiger partial charge on any atom is 0.490 e. The van der Waals surface area contributed by atoms with Crippen LogP contribution in [0.3, 0.4) is 0 Å². The third-order valence-electron chi connectivity index (χ3n) is 3.53. The van der Waals surface area contributed by atoms with Crippen LogP contribution >= 0.6 is 23.2 Å². The number of carboxylic acids is 1. The Labute approximate surface area is 180 Å². The summed E-state index contributed by atoms with van der Waals surface area (Å²) >= 11 is 12.7. The first-order valence-corrected chi connectivity index (χ1v) is 8.59. The van der Waals surface area contributed by atoms with E-state index < -0.39 is 17.1 Å². The zero-order valence-corrected chi connectivity index (χ0v) is 16.5. The summed E-state index contributed by atoms with van der Waals surface area (Å²) in [6, 6.07) is 9.13. The lowest BCUT2D eigenvalue weighted by Crippen LogP contribution is -2.21. The second kappa shape index (κ2) is 9.06. The third-order valence-corrected chi connectivity index (χ3v) is 4.13. The molecule has 0 saturated heterocycles. The van der Waals surface area contributed by atoms with Crippen molar-refractivity contribution in [2.75, 3.05) is 11.5 Å². The first-order valence-electron chi connectivity index (χ1n) is 7.83. The Hall–Kier alpha value is -3.58. The van der Waals surface area contributed by atoms with Gasteiger partial charge in [0.1, 0.15) is 0 Å². The number of anilines is 2. The van der Waals surface area contributed by atoms with Crippen molar-refractivity contribution in [1.29, 1.82) is 0 Å². The van der Waals surface area contributed by atoms with Gasteiger partial charge >= 0.3 is 12.1 Å². The van der Waals surface area contributed by atoms with Gasteiger partial charge in [-0.25, -0.2) is 4.79 Å². The number of nitrogen functional groups attached to an aromatic ring is 2. The summed E-state index contributed by atoms with van der Waals surface area (Å²) in [7, 11) is 0. The number of carbonyl (C=O) groups is 1. The van der Waals surface area contributed by atoms with Gasteiger partial charge in [0, 0.05) is 17.7 Å². The van der Waals surface area contributed by atoms with Crippen molar-refractivity contribution in [3.8, 4) is 16.8 Å². The zero-order valence-electron chi connectivity index (χ0n) is 15.0. The van der Waals surface area contributed by atoms with Crippen molar-refractivity contribution >= 4 is 46.8 Å². The highest BCUT2D eigenvalue weighted by molar-refractivity contribution is 6.39. The van der Waals surface area contributed by atoms with E-state index in [1.54, 1.807) is 24.3 Å². The number of hydrogen-bond acceptors (Lipinski definition) is 7. The maximum absolute atomic E-state index is 10.7. The summed E-state index contributed by atoms with van der Waals surface area (Å²) in [6.07, 6.45) is -5.08. The number of aliphatic carboxylic acids is 1. The Balaban J connectivity index is 0.000000423. The fourth-order valence-electron chi connectivity index (χ4n) is 2.24. The molecule has 0 unspecified atom stereocenters. The molecule has 31 heavy (non-hydrogen) atoms. The molecule has 2 aromatic carbocycles. The minimum atomic E-state index is -5.08. The molecular formula is C16H11Cl2F3N6O4. The number of rotatable bonds is 3. The topological polar surface area (TPSA) is 163 Å². The molecule has 5 N–H and O–H groups in total. The van der Waals surface area contributed by atoms with Gasteiger partial charge in [0.25, 0.3) is 5.69 Å². The molecule has 0 aliphatic rings. The molecule has 3 rings (SSSR count). The number of nitro benzene ring substituents is 1. The van der Waals surface area contributed by atoms with E-state index in [4.69, 9.17) is 44.6 Å². The Morgan fingerprint density at radius 3 is 1.97 bits per heavy atom. The molecule has 0 bridgehead atoms. The smallest absolute Gasteiger partial charge is 0.475 e. The van der Waals surface area contributed by atoms with Crippen LogP contribution in [0.4, 0.5) is 30.8 Å². The Morgan fingerprint density at radius 2 is 1.61 bits per heavy atom. The van der Waals surface area contributed by atoms with E-state index in [1.807, 2.05) is 0 Å². The highest BCUT2D eigenvalue weighted by Gasteiger charge is 2.38. The quantitative estimate of drug-likeness (QED) is 0.376. The second-order valence-corrected chi connectivity index (χ2v) is 6.45. The normalized spacial score (nSPS) is 10.9. The summed E-state index contributed by atoms with van der Waals surface area (Å²) in [6.45, 7) is 0. The SMILES string of the molecule is Nc1nc(N)n(-c2cc(Cl)c(-c3ccc([N+](=O)[O-])cc3)c(Cl)c2)n1.O=C(O)C(F)(F)F. The number of nitro groups is 1. The summed E-state index contributed by atoms with van der Waals surface area (Å²) < 4.78 is 33.0. The van der Waals surface area contributed by atoms with Crippen molar-refractivity contribution < 1.29 is 28.0 Å². The van der Waals surface area contributed by atoms with Gasteiger partial charge in [0.15, 0.2) is 0 Å². The van der Waals surface area contributed by atoms with Crippen LogP contribution in [0.5, 0.6) is 0 Å². The molecule has 0 spiro atoms. The maximum atomic E-state index is 10.7. The first-order chi connectivity index (χ1) is 14.3. The van der Waals surface area contributed by atoms with Crippen LogP contribution in [0.15, 0.2) is 36.4 Å². The standard InChI is InChI=1S/C14H10Cl2N6O2.C2HF3O2/c15-10-5-9(21-14(18)19-13(17)20-21)6-11(16)12(10)7-1-3-8(4-2-7)22(23)24;3-2(4,5)1(6)7/h1-6H,(H4,17,18,19,20);(H,6,7). The lowest BCUT2D eigenvalue weighted by atomic mass is 10.0. The van der Waals surface area contributed by atoms with Crippen molar-refractivity contribution in [2.45, 2.75) is 6.18 Å². The minimum Gasteiger partial charge on any atom is -0.475 e. The summed E-state index contributed by atoms with van der Waals surface area (Å²) in [5.41, 5.74) is 12.9. The van der Waals surface area contributed by atoms with Crippen LogP contribution in [0.1, 0.15) is 0 Å². The molecule has 0 aliphatic heterocycles. The van der Waals surface area contributed by atoms with E-state index in [0.29, 0.717) is 26.9 Å². The van der Waals surface area contributed by atoms with Gasteiger partial charge < -0.3 is 16.6 Å². The molecule has 0 radical (unpaired) electrons. The van der Waals surface area contributed by atoms with Gasteiger partial charge in [0.2, 0.25) is 11.9 Å². The van der Waals surface area contributed by atoms with Crippen molar-refractivity contribution in [3.05, 3.63) is 56.6 Å². The number of carboxylic acid groups (broad SMARTS) is 1. The van der Waals surface area contributed by atoms with Gasteiger partial charge in [-0.05, 0) is 29.8 Å². The fourth-order valence-corrected chi connectivity index (χ4v) is 2.93. The Morgan fingerprint density at radius 1 is 1.13 bits per heavy atom. The number of halogens is 5. The van der Waals surface area contributed by atoms with Gasteiger partial charge in [-0.3, -0.25) is 10.1 Å². The molecule has 0 amide bonds. The van der Waals surface area contributed by atoms with Gasteiger partial charge in [-0.15, -0.1) is 5.10 Å². The van der Waals surface area contributed by atoms with E-state index >= 15 is 0 Å². The summed E-state index contributed by atoms with van der Waals surface area (Å²) in [5.74, 6) is -2.63. The molecule has 0 fully saturated rings. The van der Waals surface area contributed by atoms with Crippen LogP contribution < -0.4 is 11.5 Å². The largest absolute Gasteiger partial charge is 0.490 e. The van der Waals surface area contributed by atoms with Gasteiger partial charge in [-0.1, -0.05) is 23.2 Å². The van der Waals surface area contributed by atoms with Crippen LogP contribution in [-0.2, 0) is 4.79 Å². The average molecular weight is 479 g/mol. The Bertz CT molecular complexity index is 1110. The van der Waals surface area contributed by atoms with Gasteiger partial charge in [0.05, 0.1) is 20.7 Å². The third kappa shape index (κ3) is 5.73. The number of alkyl halides is 3. The molecule has 15 heteroatoms. The first kappa shape index (κ1) is 23.7. The van der Waals surface area contributed by atoms with Crippen LogP contribution in [0.25, 0.3) is 16.8 Å². The number of nitrogens with zero attached hydrogens (tertiary/aromatic N) is 4. The predicted molar refractivity (Wildman–Crippen MR) is 106 cm³/mol. The number of nitrogens with two attached hydrogens (primary N) is 2. The van der Waals surface area contributed by atoms with E-state index in [1.165, 1.54) is 16.8 Å². The molecule has 3 aromatic rings. The van der Waals surface area contributed by atoms with E-state index in [9.17, 15) is 23.3 Å².